The Hall–Kier alpha value is -3.44. The summed E-state index contributed by atoms with van der Waals surface area (Å²) in [7, 11) is 0. The van der Waals surface area contributed by atoms with Crippen LogP contribution in [-0.4, -0.2) is 47.6 Å². The van der Waals surface area contributed by atoms with Crippen molar-refractivity contribution in [1.29, 1.82) is 0 Å². The lowest BCUT2D eigenvalue weighted by Gasteiger charge is -2.35. The number of nitrogens with zero attached hydrogens (tertiary/aromatic N) is 1. The summed E-state index contributed by atoms with van der Waals surface area (Å²) in [5.41, 5.74) is 6.52. The zero-order chi connectivity index (χ0) is 26.0. The van der Waals surface area contributed by atoms with Crippen LogP contribution in [0.3, 0.4) is 0 Å². The molecule has 3 aromatic carbocycles. The largest absolute Gasteiger partial charge is 0.481 e. The first-order valence-electron chi connectivity index (χ1n) is 13.5. The van der Waals surface area contributed by atoms with Gasteiger partial charge in [-0.15, -0.1) is 0 Å². The number of amides is 1. The quantitative estimate of drug-likeness (QED) is 0.312. The maximum atomic E-state index is 12.6. The Kier molecular flexibility index (Phi) is 9.50. The highest BCUT2D eigenvalue weighted by Crippen LogP contribution is 2.26. The first-order chi connectivity index (χ1) is 18.0. The van der Waals surface area contributed by atoms with Crippen molar-refractivity contribution in [2.75, 3.05) is 19.6 Å². The minimum Gasteiger partial charge on any atom is -0.481 e. The Morgan fingerprint density at radius 1 is 0.919 bits per heavy atom. The first-order valence-corrected chi connectivity index (χ1v) is 13.5. The number of fused-ring (bicyclic) bond motifs is 1. The molecule has 3 aromatic rings. The zero-order valence-electron chi connectivity index (χ0n) is 21.8. The number of carboxylic acids is 1. The van der Waals surface area contributed by atoms with E-state index in [0.717, 1.165) is 68.3 Å². The van der Waals surface area contributed by atoms with E-state index in [1.165, 1.54) is 11.1 Å². The van der Waals surface area contributed by atoms with E-state index in [0.29, 0.717) is 18.2 Å². The lowest BCUT2D eigenvalue weighted by molar-refractivity contribution is -0.136. The Labute approximate surface area is 220 Å². The Morgan fingerprint density at radius 2 is 1.68 bits per heavy atom. The molecule has 1 aliphatic carbocycles. The average Bonchev–Trinajstić information content (AvgIpc) is 2.92. The van der Waals surface area contributed by atoms with Crippen LogP contribution >= 0.6 is 0 Å². The molecule has 1 atom stereocenters. The van der Waals surface area contributed by atoms with Gasteiger partial charge in [0.2, 0.25) is 0 Å². The number of hydrogen-bond donors (Lipinski definition) is 2. The third-order valence-electron chi connectivity index (χ3n) is 7.27. The van der Waals surface area contributed by atoms with Crippen molar-refractivity contribution in [3.63, 3.8) is 0 Å². The topological polar surface area (TPSA) is 69.6 Å². The number of carboxylic acid groups (broad SMARTS) is 1. The number of carbonyl (C=O) groups excluding carboxylic acids is 1. The van der Waals surface area contributed by atoms with Crippen LogP contribution in [0, 0.1) is 0 Å². The number of aliphatic carboxylic acids is 1. The second kappa shape index (κ2) is 13.2. The molecule has 0 unspecified atom stereocenters. The molecule has 194 valence electrons. The summed E-state index contributed by atoms with van der Waals surface area (Å²) in [6, 6.07) is 24.7. The average molecular weight is 499 g/mol. The highest BCUT2D eigenvalue weighted by molar-refractivity contribution is 5.94. The molecule has 37 heavy (non-hydrogen) atoms. The zero-order valence-corrected chi connectivity index (χ0v) is 21.8. The molecule has 0 saturated carbocycles. The van der Waals surface area contributed by atoms with Gasteiger partial charge < -0.3 is 15.3 Å². The van der Waals surface area contributed by atoms with Crippen molar-refractivity contribution >= 4 is 11.9 Å². The van der Waals surface area contributed by atoms with Crippen LogP contribution in [0.15, 0.2) is 72.8 Å². The minimum absolute atomic E-state index is 0.0174. The highest BCUT2D eigenvalue weighted by Gasteiger charge is 2.24. The van der Waals surface area contributed by atoms with E-state index < -0.39 is 5.97 Å². The molecule has 0 bridgehead atoms. The third kappa shape index (κ3) is 7.53. The van der Waals surface area contributed by atoms with E-state index in [4.69, 9.17) is 5.11 Å². The molecule has 0 aliphatic heterocycles. The predicted octanol–water partition coefficient (Wildman–Crippen LogP) is 5.76. The normalized spacial score (nSPS) is 14.8. The van der Waals surface area contributed by atoms with Crippen molar-refractivity contribution in [2.45, 2.75) is 57.9 Å². The summed E-state index contributed by atoms with van der Waals surface area (Å²) in [5.74, 6) is -0.795. The lowest BCUT2D eigenvalue weighted by atomic mass is 9.86. The molecule has 1 aliphatic rings. The minimum atomic E-state index is -0.778. The fourth-order valence-corrected chi connectivity index (χ4v) is 5.34. The molecular weight excluding hydrogens is 460 g/mol. The molecule has 0 radical (unpaired) electrons. The van der Waals surface area contributed by atoms with Crippen LogP contribution in [0.1, 0.15) is 59.7 Å². The summed E-state index contributed by atoms with van der Waals surface area (Å²) in [6.45, 7) is 5.02. The number of carbonyl (C=O) groups is 2. The number of hydrogen-bond acceptors (Lipinski definition) is 3. The number of nitrogens with one attached hydrogen (secondary N) is 1. The van der Waals surface area contributed by atoms with E-state index in [9.17, 15) is 9.59 Å². The van der Waals surface area contributed by atoms with Gasteiger partial charge >= 0.3 is 5.97 Å². The van der Waals surface area contributed by atoms with Gasteiger partial charge in [-0.2, -0.15) is 0 Å². The van der Waals surface area contributed by atoms with Gasteiger partial charge in [-0.25, -0.2) is 0 Å². The van der Waals surface area contributed by atoms with Gasteiger partial charge in [0.05, 0.1) is 6.42 Å². The van der Waals surface area contributed by atoms with Crippen molar-refractivity contribution in [3.05, 3.63) is 95.1 Å². The van der Waals surface area contributed by atoms with E-state index in [1.807, 2.05) is 48.5 Å². The number of rotatable bonds is 12. The van der Waals surface area contributed by atoms with Crippen LogP contribution < -0.4 is 5.32 Å². The van der Waals surface area contributed by atoms with Crippen molar-refractivity contribution in [2.24, 2.45) is 0 Å². The molecule has 2 N–H and O–H groups in total. The summed E-state index contributed by atoms with van der Waals surface area (Å²) >= 11 is 0. The predicted molar refractivity (Wildman–Crippen MR) is 149 cm³/mol. The van der Waals surface area contributed by atoms with Gasteiger partial charge in [0.15, 0.2) is 0 Å². The third-order valence-corrected chi connectivity index (χ3v) is 7.27. The Bertz CT molecular complexity index is 1170. The monoisotopic (exact) mass is 498 g/mol. The van der Waals surface area contributed by atoms with E-state index in [1.54, 1.807) is 0 Å². The van der Waals surface area contributed by atoms with Crippen molar-refractivity contribution < 1.29 is 14.7 Å². The lowest BCUT2D eigenvalue weighted by Crippen LogP contribution is -2.40. The number of unbranched alkanes of at least 4 members (excludes halogenated alkanes) is 1. The fourth-order valence-electron chi connectivity index (χ4n) is 5.34. The molecular formula is C32H38N2O3. The molecule has 5 heteroatoms. The molecule has 0 saturated heterocycles. The maximum absolute atomic E-state index is 12.6. The van der Waals surface area contributed by atoms with Gasteiger partial charge in [-0.3, -0.25) is 9.59 Å². The smallest absolute Gasteiger partial charge is 0.307 e. The first kappa shape index (κ1) is 26.6. The van der Waals surface area contributed by atoms with Crippen LogP contribution in [-0.2, 0) is 24.1 Å². The summed E-state index contributed by atoms with van der Waals surface area (Å²) in [4.78, 5) is 26.2. The summed E-state index contributed by atoms with van der Waals surface area (Å²) < 4.78 is 0. The van der Waals surface area contributed by atoms with Gasteiger partial charge in [-0.1, -0.05) is 67.6 Å². The Balaban J connectivity index is 1.22. The van der Waals surface area contributed by atoms with Gasteiger partial charge in [-0.05, 0) is 91.6 Å². The van der Waals surface area contributed by atoms with Crippen molar-refractivity contribution in [3.8, 4) is 11.1 Å². The van der Waals surface area contributed by atoms with Crippen LogP contribution in [0.2, 0.25) is 0 Å². The van der Waals surface area contributed by atoms with Gasteiger partial charge in [0.25, 0.3) is 5.91 Å². The Morgan fingerprint density at radius 3 is 2.41 bits per heavy atom. The van der Waals surface area contributed by atoms with Crippen LogP contribution in [0.5, 0.6) is 0 Å². The summed E-state index contributed by atoms with van der Waals surface area (Å²) in [5, 5.41) is 12.1. The van der Waals surface area contributed by atoms with Gasteiger partial charge in [0, 0.05) is 18.2 Å². The molecule has 0 heterocycles. The standard InChI is InChI=1S/C32H38N2O3/c1-2-19-34(30-17-16-28-21-24(22-31(35)36)10-11-29(28)23-30)20-7-6-18-33-32(37)27-14-12-26(13-15-27)25-8-4-3-5-9-25/h3-5,8-15,21,30H,2,6-7,16-20,22-23H2,1H3,(H,33,37)(H,35,36)/t30-/m1/s1. The summed E-state index contributed by atoms with van der Waals surface area (Å²) in [6.07, 6.45) is 6.36. The van der Waals surface area contributed by atoms with E-state index in [2.05, 4.69) is 41.4 Å². The highest BCUT2D eigenvalue weighted by atomic mass is 16.4. The number of aryl methyl sites for hydroxylation is 1. The molecule has 0 fully saturated rings. The fraction of sp³-hybridized carbons (Fsp3) is 0.375. The molecule has 1 amide bonds. The number of benzene rings is 3. The SMILES string of the molecule is CCCN(CCCCNC(=O)c1ccc(-c2ccccc2)cc1)[C@@H]1CCc2cc(CC(=O)O)ccc2C1. The molecule has 0 aromatic heterocycles. The molecule has 5 nitrogen and oxygen atoms in total. The van der Waals surface area contributed by atoms with Crippen molar-refractivity contribution in [1.82, 2.24) is 10.2 Å². The maximum Gasteiger partial charge on any atom is 0.307 e. The second-order valence-electron chi connectivity index (χ2n) is 10.0. The molecule has 0 spiro atoms. The van der Waals surface area contributed by atoms with Crippen LogP contribution in [0.4, 0.5) is 0 Å². The second-order valence-corrected chi connectivity index (χ2v) is 10.0. The van der Waals surface area contributed by atoms with E-state index >= 15 is 0 Å². The van der Waals surface area contributed by atoms with E-state index in [-0.39, 0.29) is 12.3 Å². The van der Waals surface area contributed by atoms with Crippen LogP contribution in [0.25, 0.3) is 11.1 Å². The molecule has 4 rings (SSSR count). The van der Waals surface area contributed by atoms with Gasteiger partial charge in [0.1, 0.15) is 0 Å².